The first kappa shape index (κ1) is 25.0. The Morgan fingerprint density at radius 2 is 2.14 bits per heavy atom. The Labute approximate surface area is 218 Å². The molecule has 0 amide bonds. The van der Waals surface area contributed by atoms with Gasteiger partial charge in [-0.3, -0.25) is 15.2 Å². The molecule has 4 N–H and O–H groups in total. The van der Waals surface area contributed by atoms with Crippen molar-refractivity contribution in [2.24, 2.45) is 5.92 Å². The molecule has 37 heavy (non-hydrogen) atoms. The molecule has 1 aromatic carbocycles. The summed E-state index contributed by atoms with van der Waals surface area (Å²) in [6, 6.07) is 5.48. The number of aromatic nitrogens is 2. The average molecular weight is 511 g/mol. The molecule has 5 unspecified atom stereocenters. The summed E-state index contributed by atoms with van der Waals surface area (Å²) in [5, 5.41) is 9.88. The van der Waals surface area contributed by atoms with Crippen LogP contribution in [0.4, 0.5) is 4.39 Å². The Morgan fingerprint density at radius 1 is 1.24 bits per heavy atom. The number of likely N-dealkylation sites (N-methyl/N-ethyl adjacent to an activating group) is 1. The summed E-state index contributed by atoms with van der Waals surface area (Å²) in [5.74, 6) is 1.08. The number of hydrogen-bond acceptors (Lipinski definition) is 7. The number of nitrogens with zero attached hydrogens (tertiary/aromatic N) is 3. The number of aryl methyl sites for hydroxylation is 1. The summed E-state index contributed by atoms with van der Waals surface area (Å²) in [4.78, 5) is 13.1. The monoisotopic (exact) mass is 510 g/mol. The second-order valence-electron chi connectivity index (χ2n) is 11.1. The lowest BCUT2D eigenvalue weighted by atomic mass is 9.71. The number of imidazole rings is 1. The van der Waals surface area contributed by atoms with Crippen molar-refractivity contribution in [1.29, 1.82) is 0 Å². The molecule has 0 spiro atoms. The van der Waals surface area contributed by atoms with E-state index >= 15 is 4.39 Å². The van der Waals surface area contributed by atoms with E-state index in [1.807, 2.05) is 12.3 Å². The molecule has 200 valence electrons. The molecule has 4 heterocycles. The number of phenolic OH excluding ortho intramolecular Hbond substituents is 1. The lowest BCUT2D eigenvalue weighted by Crippen LogP contribution is -2.49. The quantitative estimate of drug-likeness (QED) is 0.475. The number of rotatable bonds is 6. The van der Waals surface area contributed by atoms with E-state index in [0.29, 0.717) is 6.04 Å². The van der Waals surface area contributed by atoms with Crippen LogP contribution < -0.4 is 10.9 Å². The van der Waals surface area contributed by atoms with Gasteiger partial charge in [-0.1, -0.05) is 19.1 Å². The van der Waals surface area contributed by atoms with Crippen LogP contribution >= 0.6 is 0 Å². The van der Waals surface area contributed by atoms with Crippen LogP contribution in [0, 0.1) is 5.92 Å². The first-order chi connectivity index (χ1) is 18.0. The van der Waals surface area contributed by atoms with Gasteiger partial charge in [0.25, 0.3) is 0 Å². The summed E-state index contributed by atoms with van der Waals surface area (Å²) < 4.78 is 21.6. The zero-order chi connectivity index (χ0) is 25.5. The van der Waals surface area contributed by atoms with Gasteiger partial charge in [0.1, 0.15) is 17.7 Å². The molecule has 2 aromatic rings. The van der Waals surface area contributed by atoms with E-state index in [4.69, 9.17) is 9.72 Å². The van der Waals surface area contributed by atoms with Gasteiger partial charge in [-0.25, -0.2) is 14.8 Å². The highest BCUT2D eigenvalue weighted by Gasteiger charge is 2.48. The Bertz CT molecular complexity index is 1140. The number of nitrogens with one attached hydrogen (secondary N) is 3. The van der Waals surface area contributed by atoms with Crippen LogP contribution in [0.3, 0.4) is 0 Å². The van der Waals surface area contributed by atoms with Gasteiger partial charge in [0.2, 0.25) is 0 Å². The van der Waals surface area contributed by atoms with Crippen molar-refractivity contribution in [3.8, 4) is 5.75 Å². The molecule has 8 nitrogen and oxygen atoms in total. The molecular weight excluding hydrogens is 471 g/mol. The molecule has 9 heteroatoms. The molecule has 6 rings (SSSR count). The van der Waals surface area contributed by atoms with Gasteiger partial charge in [0.05, 0.1) is 37.2 Å². The Kier molecular flexibility index (Phi) is 7.07. The highest BCUT2D eigenvalue weighted by molar-refractivity contribution is 5.66. The van der Waals surface area contributed by atoms with E-state index in [9.17, 15) is 5.11 Å². The van der Waals surface area contributed by atoms with Crippen LogP contribution in [-0.4, -0.2) is 89.6 Å². The fourth-order valence-corrected chi connectivity index (χ4v) is 6.74. The first-order valence-electron chi connectivity index (χ1n) is 13.7. The second kappa shape index (κ2) is 10.5. The number of phenols is 1. The van der Waals surface area contributed by atoms with Crippen LogP contribution in [0.15, 0.2) is 30.5 Å². The predicted octanol–water partition coefficient (Wildman–Crippen LogP) is 2.76. The van der Waals surface area contributed by atoms with Crippen molar-refractivity contribution in [2.45, 2.75) is 56.4 Å². The number of hydrazine groups is 1. The largest absolute Gasteiger partial charge is 0.508 e. The fraction of sp³-hybridized carbons (Fsp3) is 0.607. The second-order valence-corrected chi connectivity index (χ2v) is 11.1. The van der Waals surface area contributed by atoms with Gasteiger partial charge >= 0.3 is 0 Å². The van der Waals surface area contributed by atoms with E-state index in [1.165, 1.54) is 5.57 Å². The number of morpholine rings is 1. The summed E-state index contributed by atoms with van der Waals surface area (Å²) in [7, 11) is 2.18. The van der Waals surface area contributed by atoms with Crippen LogP contribution in [0.25, 0.3) is 5.57 Å². The molecule has 1 aliphatic carbocycles. The molecule has 1 aromatic heterocycles. The van der Waals surface area contributed by atoms with E-state index in [2.05, 4.69) is 45.7 Å². The maximum absolute atomic E-state index is 15.9. The molecule has 4 aliphatic rings. The van der Waals surface area contributed by atoms with Gasteiger partial charge in [-0.2, -0.15) is 0 Å². The number of halogens is 1. The predicted molar refractivity (Wildman–Crippen MR) is 141 cm³/mol. The molecule has 6 atom stereocenters. The van der Waals surface area contributed by atoms with Crippen molar-refractivity contribution in [3.05, 3.63) is 53.1 Å². The van der Waals surface area contributed by atoms with Crippen molar-refractivity contribution in [2.75, 3.05) is 46.4 Å². The van der Waals surface area contributed by atoms with Crippen molar-refractivity contribution in [3.63, 3.8) is 0 Å². The van der Waals surface area contributed by atoms with Crippen molar-refractivity contribution >= 4 is 5.57 Å². The number of hydrogen-bond donors (Lipinski definition) is 4. The number of alkyl halides is 1. The topological polar surface area (TPSA) is 88.7 Å². The maximum Gasteiger partial charge on any atom is 0.125 e. The third-order valence-electron chi connectivity index (χ3n) is 8.96. The Balaban J connectivity index is 1.10. The zero-order valence-electron chi connectivity index (χ0n) is 21.8. The highest BCUT2D eigenvalue weighted by atomic mass is 19.1. The fourth-order valence-electron chi connectivity index (χ4n) is 6.74. The third kappa shape index (κ3) is 4.83. The molecule has 3 aliphatic heterocycles. The number of H-pyrrole nitrogens is 1. The minimum Gasteiger partial charge on any atom is -0.508 e. The number of benzene rings is 1. The molecule has 0 bridgehead atoms. The number of ether oxygens (including phenoxy) is 1. The van der Waals surface area contributed by atoms with Crippen LogP contribution in [0.1, 0.15) is 54.4 Å². The minimum atomic E-state index is -1.01. The summed E-state index contributed by atoms with van der Waals surface area (Å²) in [5.41, 5.74) is 11.0. The highest BCUT2D eigenvalue weighted by Crippen LogP contribution is 2.45. The van der Waals surface area contributed by atoms with Crippen LogP contribution in [0.5, 0.6) is 5.75 Å². The average Bonchev–Trinajstić information content (AvgIpc) is 3.65. The number of aromatic hydroxyl groups is 1. The molecular formula is C28H39FN6O2. The van der Waals surface area contributed by atoms with E-state index in [1.54, 1.807) is 12.1 Å². The third-order valence-corrected chi connectivity index (χ3v) is 8.96. The minimum absolute atomic E-state index is 0.0467. The van der Waals surface area contributed by atoms with Gasteiger partial charge in [0, 0.05) is 44.1 Å². The van der Waals surface area contributed by atoms with Gasteiger partial charge in [-0.15, -0.1) is 0 Å². The summed E-state index contributed by atoms with van der Waals surface area (Å²) >= 11 is 0. The molecule has 2 saturated heterocycles. The van der Waals surface area contributed by atoms with Gasteiger partial charge in [0.15, 0.2) is 0 Å². The molecule has 0 radical (unpaired) electrons. The van der Waals surface area contributed by atoms with E-state index in [0.717, 1.165) is 81.3 Å². The Hall–Kier alpha value is -2.30. The van der Waals surface area contributed by atoms with Gasteiger partial charge in [-0.05, 0) is 55.1 Å². The van der Waals surface area contributed by atoms with Crippen molar-refractivity contribution in [1.82, 2.24) is 30.6 Å². The number of aromatic amines is 1. The van der Waals surface area contributed by atoms with Gasteiger partial charge < -0.3 is 14.8 Å². The number of fused-ring (bicyclic) bond motifs is 1. The van der Waals surface area contributed by atoms with E-state index < -0.39 is 6.17 Å². The van der Waals surface area contributed by atoms with E-state index in [-0.39, 0.29) is 29.7 Å². The lowest BCUT2D eigenvalue weighted by molar-refractivity contribution is -0.00430. The van der Waals surface area contributed by atoms with Crippen LogP contribution in [-0.2, 0) is 11.2 Å². The Morgan fingerprint density at radius 3 is 2.97 bits per heavy atom. The van der Waals surface area contributed by atoms with Crippen molar-refractivity contribution < 1.29 is 14.2 Å². The van der Waals surface area contributed by atoms with Crippen LogP contribution in [0.2, 0.25) is 0 Å². The summed E-state index contributed by atoms with van der Waals surface area (Å²) in [6.45, 7) is 7.48. The summed E-state index contributed by atoms with van der Waals surface area (Å²) in [6.07, 6.45) is 5.69. The standard InChI is InChI=1S/C28H39FN6O2/c1-3-17-12-20(36)4-5-21(17)22-6-7-23-26(25(22)29)32-33-27(23)28-30-13-24(31-28)18-8-9-35(14-18)15-19-16-37-11-10-34(19)2/h4-5,8,12-13,19,22-23,25-27,32-33,36H,3,6-7,9-11,14-16H2,1-2H3,(H,30,31)/t19-,22?,23?,25?,26?,27?/m1/s1. The smallest absolute Gasteiger partial charge is 0.125 e. The normalized spacial score (nSPS) is 33.0. The molecule has 3 fully saturated rings. The maximum atomic E-state index is 15.9. The zero-order valence-corrected chi connectivity index (χ0v) is 21.8. The SMILES string of the molecule is CCc1cc(O)ccc1C1CCC2C(c3ncc(C4=CCN(C[C@@H]5COCCN5C)C4)[nH]3)NNC2C1F. The molecule has 1 saturated carbocycles. The first-order valence-corrected chi connectivity index (χ1v) is 13.7. The lowest BCUT2D eigenvalue weighted by Gasteiger charge is -2.36.